The molecular formula is C82H92B3ClKO14P. The van der Waals surface area contributed by atoms with Crippen LogP contribution in [0.15, 0.2) is 169 Å². The molecule has 17 rings (SSSR count). The molecule has 3 saturated heterocycles. The summed E-state index contributed by atoms with van der Waals surface area (Å²) < 4.78 is 72.6. The summed E-state index contributed by atoms with van der Waals surface area (Å²) in [5.74, 6) is 0.748. The molecule has 12 aromatic rings. The van der Waals surface area contributed by atoms with Gasteiger partial charge in [0, 0.05) is 54.5 Å². The first-order valence-electron chi connectivity index (χ1n) is 35.6. The molecule has 0 N–H and O–H groups in total. The molecule has 7 heterocycles. The van der Waals surface area contributed by atoms with E-state index in [9.17, 15) is 0 Å². The molecule has 0 unspecified atom stereocenters. The molecule has 4 aromatic heterocycles. The third-order valence-electron chi connectivity index (χ3n) is 22.1. The second-order valence-corrected chi connectivity index (χ2v) is 33.4. The molecular weight excluding hydrogens is 1350 g/mol. The van der Waals surface area contributed by atoms with Crippen LogP contribution < -0.4 is 76.7 Å². The molecule has 20 heteroatoms. The number of fused-ring (bicyclic) bond motifs is 14. The summed E-state index contributed by atoms with van der Waals surface area (Å²) in [6.45, 7) is 25.4. The smallest absolute Gasteiger partial charge is 0.550 e. The van der Waals surface area contributed by atoms with E-state index in [1.54, 1.807) is 19.5 Å². The van der Waals surface area contributed by atoms with E-state index in [0.29, 0.717) is 10.6 Å². The molecule has 0 atom stereocenters. The molecule has 526 valence electrons. The van der Waals surface area contributed by atoms with Crippen molar-refractivity contribution in [1.82, 2.24) is 0 Å². The third-order valence-corrected chi connectivity index (χ3v) is 25.9. The number of rotatable bonds is 8. The van der Waals surface area contributed by atoms with Crippen molar-refractivity contribution in [3.63, 3.8) is 0 Å². The van der Waals surface area contributed by atoms with Gasteiger partial charge in [-0.15, -0.1) is 0 Å². The molecule has 14 nitrogen and oxygen atoms in total. The number of methoxy groups -OCH3 is 2. The van der Waals surface area contributed by atoms with Crippen molar-refractivity contribution in [3.8, 4) is 22.6 Å². The Morgan fingerprint density at radius 3 is 1.22 bits per heavy atom. The summed E-state index contributed by atoms with van der Waals surface area (Å²) in [5.41, 5.74) is 9.18. The number of carboxylic acid groups (broad SMARTS) is 1. The van der Waals surface area contributed by atoms with E-state index in [1.807, 2.05) is 128 Å². The van der Waals surface area contributed by atoms with Gasteiger partial charge in [0.2, 0.25) is 0 Å². The predicted molar refractivity (Wildman–Crippen MR) is 411 cm³/mol. The molecule has 0 radical (unpaired) electrons. The zero-order valence-corrected chi connectivity index (χ0v) is 66.7. The Kier molecular flexibility index (Phi) is 22.6. The maximum atomic E-state index is 8.89. The number of para-hydroxylation sites is 4. The van der Waals surface area contributed by atoms with E-state index in [1.165, 1.54) is 69.8 Å². The summed E-state index contributed by atoms with van der Waals surface area (Å²) in [4.78, 5) is 8.89. The summed E-state index contributed by atoms with van der Waals surface area (Å²) >= 11 is 6.23. The van der Waals surface area contributed by atoms with Crippen LogP contribution in [0.25, 0.3) is 98.9 Å². The Bertz CT molecular complexity index is 4870. The zero-order valence-electron chi connectivity index (χ0n) is 61.9. The Balaban J connectivity index is 0.000000128. The minimum Gasteiger partial charge on any atom is -0.550 e. The second-order valence-electron chi connectivity index (χ2n) is 30.3. The number of benzene rings is 8. The van der Waals surface area contributed by atoms with Crippen molar-refractivity contribution < 1.29 is 116 Å². The van der Waals surface area contributed by atoms with Crippen LogP contribution in [-0.2, 0) is 32.7 Å². The van der Waals surface area contributed by atoms with Crippen LogP contribution in [0.1, 0.15) is 154 Å². The largest absolute Gasteiger partial charge is 1.00 e. The first kappa shape index (κ1) is 76.0. The van der Waals surface area contributed by atoms with Crippen molar-refractivity contribution in [1.29, 1.82) is 0 Å². The van der Waals surface area contributed by atoms with E-state index < -0.39 is 38.3 Å². The van der Waals surface area contributed by atoms with Gasteiger partial charge in [-0.2, -0.15) is 0 Å². The summed E-state index contributed by atoms with van der Waals surface area (Å²) in [6.07, 6.45) is 14.2. The number of carbonyl (C=O) groups excluding carboxylic acids is 1. The third kappa shape index (κ3) is 14.7. The first-order valence-corrected chi connectivity index (χ1v) is 37.5. The fourth-order valence-electron chi connectivity index (χ4n) is 14.7. The van der Waals surface area contributed by atoms with Crippen molar-refractivity contribution in [2.45, 2.75) is 199 Å². The predicted octanol–water partition coefficient (Wildman–Crippen LogP) is 17.1. The van der Waals surface area contributed by atoms with Gasteiger partial charge in [0.05, 0.1) is 58.4 Å². The quantitative estimate of drug-likeness (QED) is 0.104. The van der Waals surface area contributed by atoms with Gasteiger partial charge in [-0.25, -0.2) is 0 Å². The Morgan fingerprint density at radius 1 is 0.422 bits per heavy atom. The number of carboxylic acids is 1. The van der Waals surface area contributed by atoms with Crippen molar-refractivity contribution in [2.24, 2.45) is 0 Å². The molecule has 8 aromatic carbocycles. The zero-order chi connectivity index (χ0) is 71.6. The van der Waals surface area contributed by atoms with Gasteiger partial charge in [0.15, 0.2) is 27.9 Å². The van der Waals surface area contributed by atoms with Crippen molar-refractivity contribution in [3.05, 3.63) is 157 Å². The van der Waals surface area contributed by atoms with E-state index >= 15 is 0 Å². The molecule has 0 amide bonds. The Labute approximate surface area is 648 Å². The number of carbonyl (C=O) groups is 1. The fraction of sp³-hybridized carbons (Fsp3) is 0.402. The van der Waals surface area contributed by atoms with Crippen LogP contribution in [0.2, 0.25) is 5.02 Å². The van der Waals surface area contributed by atoms with Crippen LogP contribution in [0.5, 0.6) is 11.5 Å². The number of halogens is 1. The van der Waals surface area contributed by atoms with Gasteiger partial charge in [-0.1, -0.05) is 155 Å². The molecule has 102 heavy (non-hydrogen) atoms. The Morgan fingerprint density at radius 2 is 0.765 bits per heavy atom. The average Bonchev–Trinajstić information content (AvgIpc) is 1.57. The summed E-state index contributed by atoms with van der Waals surface area (Å²) in [7, 11) is 1.93. The number of ether oxygens (including phenoxy) is 2. The van der Waals surface area contributed by atoms with Crippen LogP contribution in [0, 0.1) is 0 Å². The van der Waals surface area contributed by atoms with Gasteiger partial charge < -0.3 is 65.0 Å². The molecule has 5 fully saturated rings. The molecule has 5 aliphatic rings. The fourth-order valence-corrected chi connectivity index (χ4v) is 18.8. The van der Waals surface area contributed by atoms with Gasteiger partial charge in [-0.3, -0.25) is 0 Å². The standard InChI is InChI=1S/C26H35O2P.C24H21BO4.C18H9ClO2.C12H24B2O4.C2H4O2.K/c1-27-23-17-11-18-24(28-2)26(23)22-16-9-10-19-25(22)29(20-12-5-3-6-13-20)21-14-7-4-8-15-21;1-23(2)24(3,4)29-25(28-23)18-10-7-9-15-17-13-12-16-14-8-5-6-11-19(14)26-21(16)22(17)27-20(15)18;19-14-6-3-5-11-13-9-8-12-10-4-1-2-7-15(10)20-17(12)18(13)21-16(11)14;1-9(2)10(3,4)16-13(15-9)14-17-11(5,6)12(7,8)18-14;1-2(3)4;/h9-11,16-21H,3-8,12-15H2,1-2H3;5-13H,1-4H3;1-9H;1-8H3;1H3,(H,3,4);/q;;;;;+1/p-1. The monoisotopic (exact) mass is 1440 g/mol. The number of aliphatic carboxylic acids is 1. The maximum absolute atomic E-state index is 8.89. The maximum Gasteiger partial charge on any atom is 1.00 e. The van der Waals surface area contributed by atoms with Crippen LogP contribution in [0.4, 0.5) is 0 Å². The van der Waals surface area contributed by atoms with E-state index in [4.69, 9.17) is 76.6 Å². The Hall–Kier alpha value is -5.66. The van der Waals surface area contributed by atoms with Gasteiger partial charge >= 0.3 is 72.5 Å². The van der Waals surface area contributed by atoms with Crippen LogP contribution >= 0.6 is 19.5 Å². The van der Waals surface area contributed by atoms with E-state index in [0.717, 1.165) is 123 Å². The van der Waals surface area contributed by atoms with Crippen LogP contribution in [0.3, 0.4) is 0 Å². The first-order chi connectivity index (χ1) is 48.1. The van der Waals surface area contributed by atoms with Crippen LogP contribution in [-0.4, -0.2) is 86.2 Å². The molecule has 2 saturated carbocycles. The SMILES string of the molecule is CC(=O)[O-].CC1(C)OB(B2OC(C)(C)C(C)(C)O2)OC1(C)C.CC1(C)OB(c2cccc3c2oc2c3ccc3c4ccccc4oc32)OC1(C)C.COc1cccc(OC)c1-c1ccccc1P(C1CCCCC1)C1CCCCC1.Clc1cccc2c1oc1c2ccc2c3ccccc3oc21.[K+]. The normalized spacial score (nSPS) is 19.0. The number of hydrogen-bond acceptors (Lipinski definition) is 14. The van der Waals surface area contributed by atoms with Crippen molar-refractivity contribution in [2.75, 3.05) is 14.2 Å². The summed E-state index contributed by atoms with van der Waals surface area (Å²) in [5, 5.41) is 19.5. The van der Waals surface area contributed by atoms with E-state index in [-0.39, 0.29) is 81.7 Å². The van der Waals surface area contributed by atoms with E-state index in [2.05, 4.69) is 107 Å². The minimum atomic E-state index is -1.08. The molecule has 0 bridgehead atoms. The minimum absolute atomic E-state index is 0. The summed E-state index contributed by atoms with van der Waals surface area (Å²) in [6, 6.07) is 51.7. The molecule has 2 aliphatic carbocycles. The number of furan rings is 4. The van der Waals surface area contributed by atoms with Gasteiger partial charge in [0.1, 0.15) is 28.2 Å². The van der Waals surface area contributed by atoms with Gasteiger partial charge in [0.25, 0.3) is 0 Å². The molecule has 0 spiro atoms. The average molecular weight is 1440 g/mol. The topological polar surface area (TPSA) is 167 Å². The second kappa shape index (κ2) is 30.3. The number of hydrogen-bond donors (Lipinski definition) is 0. The van der Waals surface area contributed by atoms with Crippen molar-refractivity contribution >= 4 is 145 Å². The van der Waals surface area contributed by atoms with Gasteiger partial charge in [-0.05, 0) is 192 Å². The molecule has 3 aliphatic heterocycles.